The van der Waals surface area contributed by atoms with Gasteiger partial charge in [-0.1, -0.05) is 0 Å². The SMILES string of the molecule is CNCCNS(=O)(=O)c1ccc(OC)c([N+](=O)[O-])c1.Cl. The summed E-state index contributed by atoms with van der Waals surface area (Å²) in [5.74, 6) is 0.0131. The second kappa shape index (κ2) is 8.00. The molecule has 0 spiro atoms. The molecular formula is C10H16ClN3O5S. The summed E-state index contributed by atoms with van der Waals surface area (Å²) in [6, 6.07) is 3.48. The molecule has 0 bridgehead atoms. The van der Waals surface area contributed by atoms with Gasteiger partial charge >= 0.3 is 5.69 Å². The van der Waals surface area contributed by atoms with Crippen LogP contribution in [0.3, 0.4) is 0 Å². The monoisotopic (exact) mass is 325 g/mol. The molecule has 1 aromatic carbocycles. The molecule has 1 rings (SSSR count). The molecule has 8 nitrogen and oxygen atoms in total. The van der Waals surface area contributed by atoms with Crippen molar-refractivity contribution in [1.29, 1.82) is 0 Å². The van der Waals surface area contributed by atoms with E-state index in [-0.39, 0.29) is 35.3 Å². The number of hydrogen-bond donors (Lipinski definition) is 2. The summed E-state index contributed by atoms with van der Waals surface area (Å²) in [5.41, 5.74) is -0.390. The van der Waals surface area contributed by atoms with Crippen LogP contribution in [-0.2, 0) is 10.0 Å². The number of likely N-dealkylation sites (N-methyl/N-ethyl adjacent to an activating group) is 1. The molecule has 0 fully saturated rings. The highest BCUT2D eigenvalue weighted by molar-refractivity contribution is 7.89. The molecule has 0 aliphatic heterocycles. The molecule has 0 heterocycles. The van der Waals surface area contributed by atoms with Crippen molar-refractivity contribution in [2.24, 2.45) is 0 Å². The Bertz CT molecular complexity index is 564. The third-order valence-corrected chi connectivity index (χ3v) is 3.78. The van der Waals surface area contributed by atoms with Crippen LogP contribution in [0.25, 0.3) is 0 Å². The minimum Gasteiger partial charge on any atom is -0.490 e. The van der Waals surface area contributed by atoms with Crippen molar-refractivity contribution in [3.63, 3.8) is 0 Å². The van der Waals surface area contributed by atoms with Crippen molar-refractivity contribution >= 4 is 28.1 Å². The lowest BCUT2D eigenvalue weighted by atomic mass is 10.3. The van der Waals surface area contributed by atoms with Crippen LogP contribution < -0.4 is 14.8 Å². The van der Waals surface area contributed by atoms with Crippen molar-refractivity contribution in [1.82, 2.24) is 10.0 Å². The fourth-order valence-electron chi connectivity index (χ4n) is 1.37. The maximum absolute atomic E-state index is 11.9. The van der Waals surface area contributed by atoms with Gasteiger partial charge in [-0.3, -0.25) is 10.1 Å². The molecule has 0 saturated heterocycles. The zero-order chi connectivity index (χ0) is 14.5. The summed E-state index contributed by atoms with van der Waals surface area (Å²) >= 11 is 0. The van der Waals surface area contributed by atoms with Crippen LogP contribution in [0, 0.1) is 10.1 Å². The Labute approximate surface area is 123 Å². The van der Waals surface area contributed by atoms with Gasteiger partial charge in [0.25, 0.3) is 0 Å². The summed E-state index contributed by atoms with van der Waals surface area (Å²) in [4.78, 5) is 9.96. The van der Waals surface area contributed by atoms with Gasteiger partial charge in [-0.25, -0.2) is 13.1 Å². The molecule has 0 amide bonds. The molecule has 0 atom stereocenters. The Kier molecular flexibility index (Phi) is 7.43. The molecule has 20 heavy (non-hydrogen) atoms. The lowest BCUT2D eigenvalue weighted by molar-refractivity contribution is -0.386. The highest BCUT2D eigenvalue weighted by Gasteiger charge is 2.21. The largest absolute Gasteiger partial charge is 0.490 e. The van der Waals surface area contributed by atoms with E-state index in [9.17, 15) is 18.5 Å². The zero-order valence-electron chi connectivity index (χ0n) is 11.0. The molecule has 114 valence electrons. The second-order valence-electron chi connectivity index (χ2n) is 3.59. The van der Waals surface area contributed by atoms with Crippen molar-refractivity contribution in [3.8, 4) is 5.75 Å². The molecular weight excluding hydrogens is 310 g/mol. The summed E-state index contributed by atoms with van der Waals surface area (Å²) in [6.07, 6.45) is 0. The number of halogens is 1. The molecule has 0 radical (unpaired) electrons. The lowest BCUT2D eigenvalue weighted by Crippen LogP contribution is -2.30. The van der Waals surface area contributed by atoms with Gasteiger partial charge in [0, 0.05) is 19.2 Å². The first-order valence-corrected chi connectivity index (χ1v) is 6.87. The molecule has 0 aliphatic carbocycles. The van der Waals surface area contributed by atoms with Crippen molar-refractivity contribution in [2.75, 3.05) is 27.2 Å². The summed E-state index contributed by atoms with van der Waals surface area (Å²) in [6.45, 7) is 0.649. The standard InChI is InChI=1S/C10H15N3O5S.ClH/c1-11-5-6-12-19(16,17)8-3-4-10(18-2)9(7-8)13(14)15;/h3-4,7,11-12H,5-6H2,1-2H3;1H. The predicted octanol–water partition coefficient (Wildman–Crippen LogP) is 0.523. The number of nitro groups is 1. The van der Waals surface area contributed by atoms with Crippen LogP contribution in [0.2, 0.25) is 0 Å². The summed E-state index contributed by atoms with van der Waals surface area (Å²) in [5, 5.41) is 13.6. The molecule has 2 N–H and O–H groups in total. The van der Waals surface area contributed by atoms with E-state index in [4.69, 9.17) is 4.74 Å². The topological polar surface area (TPSA) is 111 Å². The van der Waals surface area contributed by atoms with Crippen LogP contribution in [0.15, 0.2) is 23.1 Å². The minimum atomic E-state index is -3.76. The number of hydrogen-bond acceptors (Lipinski definition) is 6. The highest BCUT2D eigenvalue weighted by atomic mass is 35.5. The van der Waals surface area contributed by atoms with E-state index in [1.165, 1.54) is 19.2 Å². The van der Waals surface area contributed by atoms with Crippen molar-refractivity contribution < 1.29 is 18.1 Å². The number of sulfonamides is 1. The Morgan fingerprint density at radius 2 is 2.00 bits per heavy atom. The van der Waals surface area contributed by atoms with Gasteiger partial charge in [-0.05, 0) is 19.2 Å². The zero-order valence-corrected chi connectivity index (χ0v) is 12.6. The normalized spacial score (nSPS) is 10.7. The third kappa shape index (κ3) is 4.60. The van der Waals surface area contributed by atoms with E-state index in [0.717, 1.165) is 6.07 Å². The van der Waals surface area contributed by atoms with Crippen LogP contribution in [-0.4, -0.2) is 40.6 Å². The highest BCUT2D eigenvalue weighted by Crippen LogP contribution is 2.29. The van der Waals surface area contributed by atoms with Gasteiger partial charge in [-0.15, -0.1) is 12.4 Å². The first kappa shape index (κ1) is 18.6. The van der Waals surface area contributed by atoms with Gasteiger partial charge < -0.3 is 10.1 Å². The average molecular weight is 326 g/mol. The maximum Gasteiger partial charge on any atom is 0.312 e. The molecule has 0 saturated carbocycles. The number of nitrogens with one attached hydrogen (secondary N) is 2. The van der Waals surface area contributed by atoms with Gasteiger partial charge in [0.15, 0.2) is 5.75 Å². The predicted molar refractivity (Wildman–Crippen MR) is 76.0 cm³/mol. The van der Waals surface area contributed by atoms with E-state index in [1.54, 1.807) is 7.05 Å². The number of benzene rings is 1. The Morgan fingerprint density at radius 1 is 1.35 bits per heavy atom. The van der Waals surface area contributed by atoms with Gasteiger partial charge in [0.1, 0.15) is 0 Å². The van der Waals surface area contributed by atoms with E-state index >= 15 is 0 Å². The first-order valence-electron chi connectivity index (χ1n) is 5.39. The fraction of sp³-hybridized carbons (Fsp3) is 0.400. The summed E-state index contributed by atoms with van der Waals surface area (Å²) in [7, 11) is -0.797. The Morgan fingerprint density at radius 3 is 2.50 bits per heavy atom. The average Bonchev–Trinajstić information content (AvgIpc) is 2.38. The van der Waals surface area contributed by atoms with Crippen LogP contribution in [0.1, 0.15) is 0 Å². The van der Waals surface area contributed by atoms with Gasteiger partial charge in [-0.2, -0.15) is 0 Å². The quantitative estimate of drug-likeness (QED) is 0.429. The second-order valence-corrected chi connectivity index (χ2v) is 5.36. The number of methoxy groups -OCH3 is 1. The fourth-order valence-corrected chi connectivity index (χ4v) is 2.42. The van der Waals surface area contributed by atoms with E-state index < -0.39 is 14.9 Å². The number of nitrogens with zero attached hydrogens (tertiary/aromatic N) is 1. The molecule has 0 aromatic heterocycles. The maximum atomic E-state index is 11.9. The first-order chi connectivity index (χ1) is 8.92. The van der Waals surface area contributed by atoms with Crippen molar-refractivity contribution in [2.45, 2.75) is 4.90 Å². The van der Waals surface area contributed by atoms with E-state index in [2.05, 4.69) is 10.0 Å². The smallest absolute Gasteiger partial charge is 0.312 e. The number of rotatable bonds is 7. The van der Waals surface area contributed by atoms with Crippen LogP contribution >= 0.6 is 12.4 Å². The minimum absolute atomic E-state index is 0. The van der Waals surface area contributed by atoms with E-state index in [0.29, 0.717) is 6.54 Å². The van der Waals surface area contributed by atoms with Gasteiger partial charge in [0.05, 0.1) is 16.9 Å². The van der Waals surface area contributed by atoms with Crippen molar-refractivity contribution in [3.05, 3.63) is 28.3 Å². The number of nitro benzene ring substituents is 1. The molecule has 0 unspecified atom stereocenters. The molecule has 1 aromatic rings. The van der Waals surface area contributed by atoms with Crippen LogP contribution in [0.5, 0.6) is 5.75 Å². The Balaban J connectivity index is 0.00000361. The number of ether oxygens (including phenoxy) is 1. The van der Waals surface area contributed by atoms with E-state index in [1.807, 2.05) is 0 Å². The Hall–Kier alpha value is -1.42. The molecule has 10 heteroatoms. The third-order valence-electron chi connectivity index (χ3n) is 2.32. The van der Waals surface area contributed by atoms with Gasteiger partial charge in [0.2, 0.25) is 10.0 Å². The summed E-state index contributed by atoms with van der Waals surface area (Å²) < 4.78 is 30.9. The molecule has 0 aliphatic rings. The van der Waals surface area contributed by atoms with Crippen LogP contribution in [0.4, 0.5) is 5.69 Å². The lowest BCUT2D eigenvalue weighted by Gasteiger charge is -2.07.